The predicted molar refractivity (Wildman–Crippen MR) is 105 cm³/mol. The Morgan fingerprint density at radius 2 is 1.96 bits per heavy atom. The first-order valence-electron chi connectivity index (χ1n) is 10.4. The first-order chi connectivity index (χ1) is 13.8. The van der Waals surface area contributed by atoms with E-state index in [4.69, 9.17) is 9.47 Å². The highest BCUT2D eigenvalue weighted by Gasteiger charge is 2.30. The van der Waals surface area contributed by atoms with Crippen LogP contribution < -0.4 is 4.90 Å². The molecule has 0 aromatic carbocycles. The number of amides is 1. The zero-order valence-corrected chi connectivity index (χ0v) is 16.8. The molecule has 0 bridgehead atoms. The molecule has 1 saturated heterocycles. The Kier molecular flexibility index (Phi) is 6.39. The van der Waals surface area contributed by atoms with Gasteiger partial charge in [0, 0.05) is 51.4 Å². The van der Waals surface area contributed by atoms with Gasteiger partial charge in [0.1, 0.15) is 18.8 Å². The van der Waals surface area contributed by atoms with Gasteiger partial charge < -0.3 is 19.3 Å². The molecule has 0 atom stereocenters. The Labute approximate surface area is 166 Å². The molecule has 1 aromatic rings. The Balaban J connectivity index is 1.35. The lowest BCUT2D eigenvalue weighted by Gasteiger charge is -2.43. The molecule has 3 aliphatic rings. The zero-order valence-electron chi connectivity index (χ0n) is 16.8. The molecule has 0 spiro atoms. The number of methoxy groups -OCH3 is 1. The van der Waals surface area contributed by atoms with Gasteiger partial charge in [0.2, 0.25) is 5.91 Å². The molecule has 1 aromatic heterocycles. The van der Waals surface area contributed by atoms with Crippen molar-refractivity contribution in [2.45, 2.75) is 38.3 Å². The van der Waals surface area contributed by atoms with E-state index >= 15 is 0 Å². The molecule has 28 heavy (non-hydrogen) atoms. The van der Waals surface area contributed by atoms with E-state index in [0.29, 0.717) is 26.3 Å². The summed E-state index contributed by atoms with van der Waals surface area (Å²) in [7, 11) is 1.62. The number of aromatic nitrogens is 2. The Bertz CT molecular complexity index is 674. The second-order valence-electron chi connectivity index (χ2n) is 7.84. The van der Waals surface area contributed by atoms with E-state index in [9.17, 15) is 4.79 Å². The average Bonchev–Trinajstić information content (AvgIpc) is 2.69. The van der Waals surface area contributed by atoms with Crippen LogP contribution in [0.3, 0.4) is 0 Å². The van der Waals surface area contributed by atoms with Crippen LogP contribution in [0.1, 0.15) is 30.5 Å². The number of piperazine rings is 1. The first-order valence-corrected chi connectivity index (χ1v) is 10.4. The third-order valence-electron chi connectivity index (χ3n) is 6.20. The standard InChI is InChI=1S/C20H31N5O3/c1-27-11-12-28-14-19(26)25-6-5-17-18(13-25)21-15-22-20(17)24-9-7-23(8-10-24)16-3-2-4-16/h15-16H,2-14H2,1H3. The fourth-order valence-electron chi connectivity index (χ4n) is 4.27. The van der Waals surface area contributed by atoms with Gasteiger partial charge in [-0.25, -0.2) is 9.97 Å². The number of hydrogen-bond donors (Lipinski definition) is 0. The van der Waals surface area contributed by atoms with Gasteiger partial charge in [-0.05, 0) is 19.3 Å². The third kappa shape index (κ3) is 4.29. The summed E-state index contributed by atoms with van der Waals surface area (Å²) in [6.07, 6.45) is 6.56. The molecule has 1 amide bonds. The Morgan fingerprint density at radius 3 is 2.68 bits per heavy atom. The lowest BCUT2D eigenvalue weighted by atomic mass is 9.91. The van der Waals surface area contributed by atoms with Crippen molar-refractivity contribution in [3.05, 3.63) is 17.6 Å². The number of nitrogens with zero attached hydrogens (tertiary/aromatic N) is 5. The molecule has 4 rings (SSSR count). The lowest BCUT2D eigenvalue weighted by molar-refractivity contribution is -0.137. The minimum Gasteiger partial charge on any atom is -0.382 e. The van der Waals surface area contributed by atoms with E-state index < -0.39 is 0 Å². The normalized spacial score (nSPS) is 20.8. The molecule has 0 N–H and O–H groups in total. The molecular weight excluding hydrogens is 358 g/mol. The van der Waals surface area contributed by atoms with Gasteiger partial charge in [0.15, 0.2) is 0 Å². The van der Waals surface area contributed by atoms with Crippen LogP contribution in [0.25, 0.3) is 0 Å². The smallest absolute Gasteiger partial charge is 0.248 e. The maximum absolute atomic E-state index is 12.4. The van der Waals surface area contributed by atoms with Crippen LogP contribution in [0.2, 0.25) is 0 Å². The van der Waals surface area contributed by atoms with E-state index in [-0.39, 0.29) is 12.5 Å². The van der Waals surface area contributed by atoms with Crippen LogP contribution in [0.5, 0.6) is 0 Å². The minimum absolute atomic E-state index is 0.0102. The van der Waals surface area contributed by atoms with Gasteiger partial charge in [0.25, 0.3) is 0 Å². The molecular formula is C20H31N5O3. The quantitative estimate of drug-likeness (QED) is 0.636. The zero-order chi connectivity index (χ0) is 19.3. The van der Waals surface area contributed by atoms with Crippen LogP contribution in [0.4, 0.5) is 5.82 Å². The largest absolute Gasteiger partial charge is 0.382 e. The molecule has 8 nitrogen and oxygen atoms in total. The summed E-state index contributed by atoms with van der Waals surface area (Å²) in [5, 5.41) is 0. The summed E-state index contributed by atoms with van der Waals surface area (Å²) >= 11 is 0. The summed E-state index contributed by atoms with van der Waals surface area (Å²) in [5.74, 6) is 1.08. The molecule has 8 heteroatoms. The molecule has 2 fully saturated rings. The highest BCUT2D eigenvalue weighted by molar-refractivity contribution is 5.77. The number of ether oxygens (including phenoxy) is 2. The van der Waals surface area contributed by atoms with Crippen molar-refractivity contribution in [3.63, 3.8) is 0 Å². The third-order valence-corrected chi connectivity index (χ3v) is 6.20. The molecule has 2 aliphatic heterocycles. The van der Waals surface area contributed by atoms with Crippen molar-refractivity contribution in [1.82, 2.24) is 19.8 Å². The van der Waals surface area contributed by atoms with Crippen LogP contribution in [0, 0.1) is 0 Å². The Hall–Kier alpha value is -1.77. The van der Waals surface area contributed by atoms with Crippen LogP contribution >= 0.6 is 0 Å². The van der Waals surface area contributed by atoms with E-state index in [1.54, 1.807) is 13.4 Å². The number of carbonyl (C=O) groups excluding carboxylic acids is 1. The topological polar surface area (TPSA) is 71.0 Å². The molecule has 1 aliphatic carbocycles. The van der Waals surface area contributed by atoms with E-state index in [2.05, 4.69) is 19.8 Å². The fourth-order valence-corrected chi connectivity index (χ4v) is 4.27. The molecule has 154 valence electrons. The average molecular weight is 390 g/mol. The van der Waals surface area contributed by atoms with Gasteiger partial charge >= 0.3 is 0 Å². The van der Waals surface area contributed by atoms with Crippen molar-refractivity contribution < 1.29 is 14.3 Å². The van der Waals surface area contributed by atoms with Gasteiger partial charge in [-0.3, -0.25) is 9.69 Å². The van der Waals surface area contributed by atoms with E-state index in [1.807, 2.05) is 4.90 Å². The lowest BCUT2D eigenvalue weighted by Crippen LogP contribution is -2.52. The van der Waals surface area contributed by atoms with Crippen LogP contribution in [0.15, 0.2) is 6.33 Å². The van der Waals surface area contributed by atoms with Crippen molar-refractivity contribution >= 4 is 11.7 Å². The summed E-state index contributed by atoms with van der Waals surface area (Å²) in [6.45, 7) is 6.55. The Morgan fingerprint density at radius 1 is 1.14 bits per heavy atom. The SMILES string of the molecule is COCCOCC(=O)N1CCc2c(ncnc2N2CCN(C3CCC3)CC2)C1. The number of rotatable bonds is 7. The molecule has 3 heterocycles. The summed E-state index contributed by atoms with van der Waals surface area (Å²) in [4.78, 5) is 28.4. The van der Waals surface area contributed by atoms with Crippen molar-refractivity contribution in [2.24, 2.45) is 0 Å². The van der Waals surface area contributed by atoms with Gasteiger partial charge in [-0.2, -0.15) is 0 Å². The molecule has 1 saturated carbocycles. The maximum Gasteiger partial charge on any atom is 0.248 e. The second-order valence-corrected chi connectivity index (χ2v) is 7.84. The predicted octanol–water partition coefficient (Wildman–Crippen LogP) is 0.699. The van der Waals surface area contributed by atoms with E-state index in [0.717, 1.165) is 50.2 Å². The number of anilines is 1. The summed E-state index contributed by atoms with van der Waals surface area (Å²) < 4.78 is 10.3. The summed E-state index contributed by atoms with van der Waals surface area (Å²) in [5.41, 5.74) is 2.19. The van der Waals surface area contributed by atoms with Gasteiger partial charge in [-0.1, -0.05) is 6.42 Å². The van der Waals surface area contributed by atoms with Crippen LogP contribution in [-0.4, -0.2) is 91.4 Å². The summed E-state index contributed by atoms with van der Waals surface area (Å²) in [6, 6.07) is 0.812. The number of hydrogen-bond acceptors (Lipinski definition) is 7. The minimum atomic E-state index is 0.0102. The van der Waals surface area contributed by atoms with Crippen molar-refractivity contribution in [1.29, 1.82) is 0 Å². The first kappa shape index (κ1) is 19.5. The fraction of sp³-hybridized carbons (Fsp3) is 0.750. The van der Waals surface area contributed by atoms with E-state index in [1.165, 1.54) is 24.8 Å². The van der Waals surface area contributed by atoms with Crippen molar-refractivity contribution in [3.8, 4) is 0 Å². The molecule has 0 radical (unpaired) electrons. The van der Waals surface area contributed by atoms with Crippen LogP contribution in [-0.2, 0) is 27.2 Å². The maximum atomic E-state index is 12.4. The van der Waals surface area contributed by atoms with Gasteiger partial charge in [-0.15, -0.1) is 0 Å². The molecule has 0 unspecified atom stereocenters. The van der Waals surface area contributed by atoms with Gasteiger partial charge in [0.05, 0.1) is 25.5 Å². The monoisotopic (exact) mass is 389 g/mol. The highest BCUT2D eigenvalue weighted by atomic mass is 16.5. The highest BCUT2D eigenvalue weighted by Crippen LogP contribution is 2.29. The number of fused-ring (bicyclic) bond motifs is 1. The second kappa shape index (κ2) is 9.15. The number of carbonyl (C=O) groups is 1. The van der Waals surface area contributed by atoms with Crippen molar-refractivity contribution in [2.75, 3.05) is 64.6 Å².